The van der Waals surface area contributed by atoms with E-state index in [2.05, 4.69) is 9.72 Å². The van der Waals surface area contributed by atoms with Crippen LogP contribution >= 0.6 is 0 Å². The van der Waals surface area contributed by atoms with Crippen molar-refractivity contribution in [2.75, 3.05) is 12.8 Å². The van der Waals surface area contributed by atoms with Crippen molar-refractivity contribution >= 4 is 11.8 Å². The maximum absolute atomic E-state index is 13.9. The Morgan fingerprint density at radius 2 is 2.00 bits per heavy atom. The SMILES string of the molecule is CCc1nc(C(=O)OC)c(N)n1-c1c(F)cccc1F. The van der Waals surface area contributed by atoms with Crippen LogP contribution in [0.4, 0.5) is 14.6 Å². The summed E-state index contributed by atoms with van der Waals surface area (Å²) in [4.78, 5) is 15.5. The van der Waals surface area contributed by atoms with E-state index < -0.39 is 17.6 Å². The molecule has 0 atom stereocenters. The highest BCUT2D eigenvalue weighted by Gasteiger charge is 2.24. The number of aromatic nitrogens is 2. The van der Waals surface area contributed by atoms with E-state index >= 15 is 0 Å². The minimum Gasteiger partial charge on any atom is -0.464 e. The molecule has 5 nitrogen and oxygen atoms in total. The van der Waals surface area contributed by atoms with Crippen LogP contribution in [0.2, 0.25) is 0 Å². The zero-order valence-electron chi connectivity index (χ0n) is 11.0. The van der Waals surface area contributed by atoms with E-state index in [-0.39, 0.29) is 23.0 Å². The number of nitrogen functional groups attached to an aromatic ring is 1. The van der Waals surface area contributed by atoms with Gasteiger partial charge in [0.1, 0.15) is 29.0 Å². The molecule has 0 spiro atoms. The van der Waals surface area contributed by atoms with Crippen LogP contribution in [0.3, 0.4) is 0 Å². The second-order valence-electron chi connectivity index (χ2n) is 4.01. The number of ether oxygens (including phenoxy) is 1. The summed E-state index contributed by atoms with van der Waals surface area (Å²) in [7, 11) is 1.18. The average molecular weight is 281 g/mol. The quantitative estimate of drug-likeness (QED) is 0.874. The lowest BCUT2D eigenvalue weighted by Crippen LogP contribution is -2.10. The van der Waals surface area contributed by atoms with Crippen molar-refractivity contribution in [3.63, 3.8) is 0 Å². The van der Waals surface area contributed by atoms with Crippen LogP contribution in [-0.4, -0.2) is 22.6 Å². The highest BCUT2D eigenvalue weighted by Crippen LogP contribution is 2.26. The molecule has 7 heteroatoms. The van der Waals surface area contributed by atoms with Crippen molar-refractivity contribution in [3.8, 4) is 5.69 Å². The summed E-state index contributed by atoms with van der Waals surface area (Å²) in [6.07, 6.45) is 0.342. The van der Waals surface area contributed by atoms with Gasteiger partial charge < -0.3 is 10.5 Å². The number of hydrogen-bond donors (Lipinski definition) is 1. The summed E-state index contributed by atoms with van der Waals surface area (Å²) in [5.41, 5.74) is 5.28. The summed E-state index contributed by atoms with van der Waals surface area (Å²) < 4.78 is 33.4. The standard InChI is InChI=1S/C13H13F2N3O2/c1-3-9-17-10(13(19)20-2)12(16)18(9)11-7(14)5-4-6-8(11)15/h4-6H,3,16H2,1-2H3. The molecule has 1 aromatic carbocycles. The molecule has 2 rings (SSSR count). The Bertz CT molecular complexity index is 648. The van der Waals surface area contributed by atoms with E-state index in [1.165, 1.54) is 13.2 Å². The number of aryl methyl sites for hydroxylation is 1. The highest BCUT2D eigenvalue weighted by molar-refractivity contribution is 5.92. The topological polar surface area (TPSA) is 70.1 Å². The van der Waals surface area contributed by atoms with Crippen LogP contribution in [0.25, 0.3) is 5.69 Å². The van der Waals surface area contributed by atoms with Crippen LogP contribution in [0.15, 0.2) is 18.2 Å². The molecule has 0 aliphatic heterocycles. The number of benzene rings is 1. The Kier molecular flexibility index (Phi) is 3.69. The molecule has 0 aliphatic carbocycles. The van der Waals surface area contributed by atoms with Gasteiger partial charge in [-0.3, -0.25) is 4.57 Å². The van der Waals surface area contributed by atoms with E-state index in [0.29, 0.717) is 6.42 Å². The third-order valence-electron chi connectivity index (χ3n) is 2.84. The summed E-state index contributed by atoms with van der Waals surface area (Å²) in [6, 6.07) is 3.46. The molecule has 0 saturated heterocycles. The van der Waals surface area contributed by atoms with Gasteiger partial charge in [-0.15, -0.1) is 0 Å². The molecule has 0 saturated carbocycles. The Balaban J connectivity index is 2.74. The largest absolute Gasteiger partial charge is 0.464 e. The number of hydrogen-bond acceptors (Lipinski definition) is 4. The number of nitrogens with zero attached hydrogens (tertiary/aromatic N) is 2. The summed E-state index contributed by atoms with van der Waals surface area (Å²) >= 11 is 0. The minimum absolute atomic E-state index is 0.155. The Morgan fingerprint density at radius 3 is 2.50 bits per heavy atom. The second kappa shape index (κ2) is 5.28. The molecule has 0 fully saturated rings. The monoisotopic (exact) mass is 281 g/mol. The number of carbonyl (C=O) groups is 1. The molecule has 1 heterocycles. The number of anilines is 1. The first-order chi connectivity index (χ1) is 9.51. The molecule has 2 N–H and O–H groups in total. The van der Waals surface area contributed by atoms with Crippen LogP contribution in [0.1, 0.15) is 23.2 Å². The highest BCUT2D eigenvalue weighted by atomic mass is 19.1. The normalized spacial score (nSPS) is 10.6. The number of carbonyl (C=O) groups excluding carboxylic acids is 1. The lowest BCUT2D eigenvalue weighted by molar-refractivity contribution is 0.0595. The Labute approximate surface area is 114 Å². The summed E-state index contributed by atoms with van der Waals surface area (Å²) in [5.74, 6) is -2.22. The van der Waals surface area contributed by atoms with E-state index in [9.17, 15) is 13.6 Å². The summed E-state index contributed by atoms with van der Waals surface area (Å²) in [5, 5.41) is 0. The van der Waals surface area contributed by atoms with Gasteiger partial charge in [-0.05, 0) is 12.1 Å². The van der Waals surface area contributed by atoms with Gasteiger partial charge in [-0.1, -0.05) is 13.0 Å². The molecule has 106 valence electrons. The molecule has 0 bridgehead atoms. The lowest BCUT2D eigenvalue weighted by Gasteiger charge is -2.10. The van der Waals surface area contributed by atoms with Crippen LogP contribution in [-0.2, 0) is 11.2 Å². The third-order valence-corrected chi connectivity index (χ3v) is 2.84. The van der Waals surface area contributed by atoms with E-state index in [4.69, 9.17) is 5.73 Å². The smallest absolute Gasteiger partial charge is 0.360 e. The molecule has 20 heavy (non-hydrogen) atoms. The van der Waals surface area contributed by atoms with Crippen molar-refractivity contribution in [2.45, 2.75) is 13.3 Å². The Morgan fingerprint density at radius 1 is 1.40 bits per heavy atom. The zero-order valence-corrected chi connectivity index (χ0v) is 11.0. The number of halogens is 2. The second-order valence-corrected chi connectivity index (χ2v) is 4.01. The number of para-hydroxylation sites is 1. The van der Waals surface area contributed by atoms with E-state index in [0.717, 1.165) is 16.7 Å². The first-order valence-electron chi connectivity index (χ1n) is 5.91. The molecule has 0 unspecified atom stereocenters. The van der Waals surface area contributed by atoms with Gasteiger partial charge in [0.15, 0.2) is 5.69 Å². The van der Waals surface area contributed by atoms with Crippen molar-refractivity contribution < 1.29 is 18.3 Å². The molecule has 0 amide bonds. The summed E-state index contributed by atoms with van der Waals surface area (Å²) in [6.45, 7) is 1.73. The van der Waals surface area contributed by atoms with Crippen LogP contribution in [0.5, 0.6) is 0 Å². The molecule has 1 aromatic heterocycles. The van der Waals surface area contributed by atoms with Crippen molar-refractivity contribution in [2.24, 2.45) is 0 Å². The van der Waals surface area contributed by atoms with Gasteiger partial charge in [0.2, 0.25) is 0 Å². The van der Waals surface area contributed by atoms with Crippen molar-refractivity contribution in [1.29, 1.82) is 0 Å². The number of nitrogens with two attached hydrogens (primary N) is 1. The molecular formula is C13H13F2N3O2. The maximum Gasteiger partial charge on any atom is 0.360 e. The first kappa shape index (κ1) is 14.0. The third kappa shape index (κ3) is 2.11. The molecule has 2 aromatic rings. The number of rotatable bonds is 3. The molecular weight excluding hydrogens is 268 g/mol. The van der Waals surface area contributed by atoms with Gasteiger partial charge in [0.05, 0.1) is 7.11 Å². The van der Waals surface area contributed by atoms with Gasteiger partial charge in [0.25, 0.3) is 0 Å². The van der Waals surface area contributed by atoms with E-state index in [1.54, 1.807) is 6.92 Å². The minimum atomic E-state index is -0.791. The maximum atomic E-state index is 13.9. The number of esters is 1. The van der Waals surface area contributed by atoms with Crippen LogP contribution in [0, 0.1) is 11.6 Å². The number of methoxy groups -OCH3 is 1. The molecule has 0 radical (unpaired) electrons. The van der Waals surface area contributed by atoms with Crippen LogP contribution < -0.4 is 5.73 Å². The predicted octanol–water partition coefficient (Wildman–Crippen LogP) is 2.08. The fraction of sp³-hybridized carbons (Fsp3) is 0.231. The van der Waals surface area contributed by atoms with Gasteiger partial charge in [-0.2, -0.15) is 0 Å². The van der Waals surface area contributed by atoms with Crippen molar-refractivity contribution in [3.05, 3.63) is 41.4 Å². The Hall–Kier alpha value is -2.44. The molecule has 0 aliphatic rings. The first-order valence-corrected chi connectivity index (χ1v) is 5.91. The zero-order chi connectivity index (χ0) is 14.9. The van der Waals surface area contributed by atoms with E-state index in [1.807, 2.05) is 0 Å². The van der Waals surface area contributed by atoms with Gasteiger partial charge in [0, 0.05) is 6.42 Å². The lowest BCUT2D eigenvalue weighted by atomic mass is 10.2. The van der Waals surface area contributed by atoms with Crippen molar-refractivity contribution in [1.82, 2.24) is 9.55 Å². The van der Waals surface area contributed by atoms with Gasteiger partial charge >= 0.3 is 5.97 Å². The fourth-order valence-electron chi connectivity index (χ4n) is 1.92. The average Bonchev–Trinajstić information content (AvgIpc) is 2.75. The predicted molar refractivity (Wildman–Crippen MR) is 68.6 cm³/mol. The van der Waals surface area contributed by atoms with Gasteiger partial charge in [-0.25, -0.2) is 18.6 Å². The number of imidazole rings is 1. The fourth-order valence-corrected chi connectivity index (χ4v) is 1.92.